The molecular formula is C17H21N. The smallest absolute Gasteiger partial charge is 0.0711 e. The number of hydrogen-bond donors (Lipinski definition) is 0. The van der Waals surface area contributed by atoms with E-state index in [1.165, 1.54) is 52.5 Å². The molecule has 1 nitrogen and oxygen atoms in total. The van der Waals surface area contributed by atoms with Crippen LogP contribution in [0.1, 0.15) is 48.2 Å². The Bertz CT molecular complexity index is 611. The normalized spacial score (nSPS) is 14.2. The Kier molecular flexibility index (Phi) is 2.85. The van der Waals surface area contributed by atoms with Gasteiger partial charge >= 0.3 is 0 Å². The van der Waals surface area contributed by atoms with Crippen LogP contribution in [0.25, 0.3) is 10.9 Å². The average molecular weight is 239 g/mol. The molecule has 0 atom stereocenters. The van der Waals surface area contributed by atoms with Crippen LogP contribution in [0.5, 0.6) is 0 Å². The molecule has 3 rings (SSSR count). The molecule has 0 N–H and O–H groups in total. The maximum atomic E-state index is 4.83. The Balaban J connectivity index is 2.34. The SMILES string of the molecule is CCc1cc2nc(C)c3c(c2cc1CC)CCC3. The quantitative estimate of drug-likeness (QED) is 0.767. The van der Waals surface area contributed by atoms with Gasteiger partial charge in [-0.05, 0) is 73.4 Å². The lowest BCUT2D eigenvalue weighted by molar-refractivity contribution is 0.908. The van der Waals surface area contributed by atoms with Crippen molar-refractivity contribution in [1.82, 2.24) is 4.98 Å². The molecule has 1 aliphatic rings. The number of nitrogens with zero attached hydrogens (tertiary/aromatic N) is 1. The molecule has 1 aromatic carbocycles. The molecule has 1 heterocycles. The van der Waals surface area contributed by atoms with Crippen LogP contribution in [0.15, 0.2) is 12.1 Å². The summed E-state index contributed by atoms with van der Waals surface area (Å²) < 4.78 is 0. The van der Waals surface area contributed by atoms with Gasteiger partial charge in [-0.25, -0.2) is 0 Å². The third-order valence-corrected chi connectivity index (χ3v) is 4.35. The molecule has 2 aromatic rings. The molecule has 1 heteroatoms. The Morgan fingerprint density at radius 3 is 2.39 bits per heavy atom. The standard InChI is InChI=1S/C17H21N/c1-4-12-9-16-15-8-6-7-14(15)11(3)18-17(16)10-13(12)5-2/h9-10H,4-8H2,1-3H3. The highest BCUT2D eigenvalue weighted by atomic mass is 14.7. The van der Waals surface area contributed by atoms with Crippen LogP contribution in [-0.2, 0) is 25.7 Å². The molecule has 0 fully saturated rings. The number of pyridine rings is 1. The number of fused-ring (bicyclic) bond motifs is 3. The van der Waals surface area contributed by atoms with Crippen LogP contribution >= 0.6 is 0 Å². The van der Waals surface area contributed by atoms with E-state index < -0.39 is 0 Å². The number of aryl methyl sites for hydroxylation is 4. The van der Waals surface area contributed by atoms with Gasteiger partial charge in [0.1, 0.15) is 0 Å². The van der Waals surface area contributed by atoms with Crippen molar-refractivity contribution in [3.05, 3.63) is 40.1 Å². The van der Waals surface area contributed by atoms with E-state index in [1.54, 1.807) is 5.56 Å². The molecule has 18 heavy (non-hydrogen) atoms. The lowest BCUT2D eigenvalue weighted by Gasteiger charge is -2.12. The van der Waals surface area contributed by atoms with E-state index in [9.17, 15) is 0 Å². The lowest BCUT2D eigenvalue weighted by Crippen LogP contribution is -1.98. The first-order valence-electron chi connectivity index (χ1n) is 7.18. The number of aromatic nitrogens is 1. The summed E-state index contributed by atoms with van der Waals surface area (Å²) in [4.78, 5) is 4.83. The Hall–Kier alpha value is -1.37. The van der Waals surface area contributed by atoms with Crippen molar-refractivity contribution in [2.24, 2.45) is 0 Å². The maximum Gasteiger partial charge on any atom is 0.0711 e. The van der Waals surface area contributed by atoms with Gasteiger partial charge in [0.25, 0.3) is 0 Å². The van der Waals surface area contributed by atoms with Crippen molar-refractivity contribution >= 4 is 10.9 Å². The van der Waals surface area contributed by atoms with Gasteiger partial charge in [-0.3, -0.25) is 4.98 Å². The predicted octanol–water partition coefficient (Wildman–Crippen LogP) is 4.16. The second kappa shape index (κ2) is 4.38. The van der Waals surface area contributed by atoms with Gasteiger partial charge in [-0.1, -0.05) is 13.8 Å². The summed E-state index contributed by atoms with van der Waals surface area (Å²) in [6.45, 7) is 6.66. The van der Waals surface area contributed by atoms with E-state index in [0.717, 1.165) is 12.8 Å². The second-order valence-corrected chi connectivity index (χ2v) is 5.35. The Morgan fingerprint density at radius 2 is 1.67 bits per heavy atom. The molecule has 1 aromatic heterocycles. The van der Waals surface area contributed by atoms with Crippen molar-refractivity contribution in [3.8, 4) is 0 Å². The first-order chi connectivity index (χ1) is 8.74. The summed E-state index contributed by atoms with van der Waals surface area (Å²) in [6, 6.07) is 4.73. The zero-order valence-electron chi connectivity index (χ0n) is 11.6. The van der Waals surface area contributed by atoms with E-state index >= 15 is 0 Å². The minimum Gasteiger partial charge on any atom is -0.253 e. The summed E-state index contributed by atoms with van der Waals surface area (Å²) in [7, 11) is 0. The summed E-state index contributed by atoms with van der Waals surface area (Å²) >= 11 is 0. The highest BCUT2D eigenvalue weighted by Crippen LogP contribution is 2.32. The van der Waals surface area contributed by atoms with Crippen LogP contribution in [0.2, 0.25) is 0 Å². The summed E-state index contributed by atoms with van der Waals surface area (Å²) in [6.07, 6.45) is 6.00. The molecule has 94 valence electrons. The van der Waals surface area contributed by atoms with Crippen LogP contribution < -0.4 is 0 Å². The Labute approximate surface area is 109 Å². The fourth-order valence-electron chi connectivity index (χ4n) is 3.36. The van der Waals surface area contributed by atoms with Gasteiger partial charge in [-0.2, -0.15) is 0 Å². The number of benzene rings is 1. The molecular weight excluding hydrogens is 218 g/mol. The van der Waals surface area contributed by atoms with Crippen molar-refractivity contribution in [3.63, 3.8) is 0 Å². The van der Waals surface area contributed by atoms with E-state index in [2.05, 4.69) is 32.9 Å². The van der Waals surface area contributed by atoms with Crippen molar-refractivity contribution in [2.75, 3.05) is 0 Å². The van der Waals surface area contributed by atoms with Crippen molar-refractivity contribution < 1.29 is 0 Å². The lowest BCUT2D eigenvalue weighted by atomic mass is 9.96. The number of hydrogen-bond acceptors (Lipinski definition) is 1. The van der Waals surface area contributed by atoms with Crippen LogP contribution in [0.3, 0.4) is 0 Å². The van der Waals surface area contributed by atoms with Gasteiger partial charge in [-0.15, -0.1) is 0 Å². The largest absolute Gasteiger partial charge is 0.253 e. The van der Waals surface area contributed by atoms with E-state index in [1.807, 2.05) is 0 Å². The van der Waals surface area contributed by atoms with E-state index in [-0.39, 0.29) is 0 Å². The van der Waals surface area contributed by atoms with Gasteiger partial charge < -0.3 is 0 Å². The van der Waals surface area contributed by atoms with E-state index in [4.69, 9.17) is 4.98 Å². The number of rotatable bonds is 2. The molecule has 0 bridgehead atoms. The molecule has 0 saturated carbocycles. The first-order valence-corrected chi connectivity index (χ1v) is 7.18. The van der Waals surface area contributed by atoms with Crippen molar-refractivity contribution in [2.45, 2.75) is 52.9 Å². The molecule has 0 unspecified atom stereocenters. The maximum absolute atomic E-state index is 4.83. The van der Waals surface area contributed by atoms with Gasteiger partial charge in [0.2, 0.25) is 0 Å². The molecule has 0 aliphatic heterocycles. The van der Waals surface area contributed by atoms with Gasteiger partial charge in [0, 0.05) is 11.1 Å². The van der Waals surface area contributed by atoms with E-state index in [0.29, 0.717) is 0 Å². The van der Waals surface area contributed by atoms with Gasteiger partial charge in [0.05, 0.1) is 5.52 Å². The third-order valence-electron chi connectivity index (χ3n) is 4.35. The fraction of sp³-hybridized carbons (Fsp3) is 0.471. The summed E-state index contributed by atoms with van der Waals surface area (Å²) in [5.74, 6) is 0. The van der Waals surface area contributed by atoms with Crippen LogP contribution in [0, 0.1) is 6.92 Å². The summed E-state index contributed by atoms with van der Waals surface area (Å²) in [5, 5.41) is 1.42. The molecule has 0 spiro atoms. The zero-order valence-corrected chi connectivity index (χ0v) is 11.6. The molecule has 0 amide bonds. The predicted molar refractivity (Wildman–Crippen MR) is 77.3 cm³/mol. The highest BCUT2D eigenvalue weighted by Gasteiger charge is 2.18. The molecule has 1 aliphatic carbocycles. The average Bonchev–Trinajstić information content (AvgIpc) is 2.87. The molecule has 0 saturated heterocycles. The highest BCUT2D eigenvalue weighted by molar-refractivity contribution is 5.86. The van der Waals surface area contributed by atoms with Crippen LogP contribution in [0.4, 0.5) is 0 Å². The molecule has 0 radical (unpaired) electrons. The monoisotopic (exact) mass is 239 g/mol. The third kappa shape index (κ3) is 1.65. The minimum atomic E-state index is 1.11. The van der Waals surface area contributed by atoms with Crippen molar-refractivity contribution in [1.29, 1.82) is 0 Å². The van der Waals surface area contributed by atoms with Crippen LogP contribution in [-0.4, -0.2) is 4.98 Å². The Morgan fingerprint density at radius 1 is 1.00 bits per heavy atom. The topological polar surface area (TPSA) is 12.9 Å². The second-order valence-electron chi connectivity index (χ2n) is 5.35. The zero-order chi connectivity index (χ0) is 12.7. The summed E-state index contributed by atoms with van der Waals surface area (Å²) in [5.41, 5.74) is 8.53. The fourth-order valence-corrected chi connectivity index (χ4v) is 3.36. The first kappa shape index (κ1) is 11.7. The minimum absolute atomic E-state index is 1.11. The van der Waals surface area contributed by atoms with Gasteiger partial charge in [0.15, 0.2) is 0 Å².